The SMILES string of the molecule is CCCC1CCC(C2CCC(C3CC=C(c4cc(F)c(C=CC(F)(F)F)c(F)c4)CC3)CC2)CC1. The van der Waals surface area contributed by atoms with Gasteiger partial charge in [0.25, 0.3) is 0 Å². The maximum absolute atomic E-state index is 14.4. The summed E-state index contributed by atoms with van der Waals surface area (Å²) in [7, 11) is 0. The Morgan fingerprint density at radius 3 is 1.83 bits per heavy atom. The van der Waals surface area contributed by atoms with E-state index in [0.29, 0.717) is 17.6 Å². The van der Waals surface area contributed by atoms with Crippen LogP contribution in [0.1, 0.15) is 102 Å². The zero-order chi connectivity index (χ0) is 25.0. The van der Waals surface area contributed by atoms with Crippen LogP contribution >= 0.6 is 0 Å². The van der Waals surface area contributed by atoms with E-state index in [-0.39, 0.29) is 6.08 Å². The first-order valence-corrected chi connectivity index (χ1v) is 13.7. The van der Waals surface area contributed by atoms with Crippen molar-refractivity contribution < 1.29 is 22.0 Å². The third-order valence-corrected chi connectivity index (χ3v) is 9.08. The summed E-state index contributed by atoms with van der Waals surface area (Å²) < 4.78 is 65.9. The van der Waals surface area contributed by atoms with Gasteiger partial charge in [0, 0.05) is 11.6 Å². The molecule has 0 spiro atoms. The van der Waals surface area contributed by atoms with Crippen LogP contribution in [0.4, 0.5) is 22.0 Å². The van der Waals surface area contributed by atoms with Gasteiger partial charge in [-0.25, -0.2) is 8.78 Å². The molecule has 1 aromatic rings. The van der Waals surface area contributed by atoms with Crippen molar-refractivity contribution in [1.29, 1.82) is 0 Å². The molecule has 1 atom stereocenters. The zero-order valence-electron chi connectivity index (χ0n) is 20.9. The molecule has 2 fully saturated rings. The summed E-state index contributed by atoms with van der Waals surface area (Å²) in [6.45, 7) is 2.30. The van der Waals surface area contributed by atoms with Crippen molar-refractivity contribution in [2.45, 2.75) is 96.6 Å². The maximum atomic E-state index is 14.4. The van der Waals surface area contributed by atoms with Gasteiger partial charge in [0.2, 0.25) is 0 Å². The lowest BCUT2D eigenvalue weighted by molar-refractivity contribution is -0.0790. The van der Waals surface area contributed by atoms with Crippen LogP contribution in [0.3, 0.4) is 0 Å². The van der Waals surface area contributed by atoms with Crippen LogP contribution in [0.25, 0.3) is 11.6 Å². The van der Waals surface area contributed by atoms with Crippen LogP contribution in [-0.2, 0) is 0 Å². The Bertz CT molecular complexity index is 873. The number of hydrogen-bond acceptors (Lipinski definition) is 0. The molecule has 0 saturated heterocycles. The number of halogens is 5. The lowest BCUT2D eigenvalue weighted by Gasteiger charge is -2.40. The Labute approximate surface area is 207 Å². The summed E-state index contributed by atoms with van der Waals surface area (Å²) in [4.78, 5) is 0. The van der Waals surface area contributed by atoms with E-state index in [9.17, 15) is 22.0 Å². The summed E-state index contributed by atoms with van der Waals surface area (Å²) in [5, 5.41) is 0. The first-order valence-electron chi connectivity index (χ1n) is 13.7. The Hall–Kier alpha value is -1.65. The summed E-state index contributed by atoms with van der Waals surface area (Å²) in [5.41, 5.74) is 0.712. The molecule has 35 heavy (non-hydrogen) atoms. The second-order valence-electron chi connectivity index (χ2n) is 11.2. The smallest absolute Gasteiger partial charge is 0.206 e. The number of hydrogen-bond donors (Lipinski definition) is 0. The molecule has 1 unspecified atom stereocenters. The Balaban J connectivity index is 1.29. The van der Waals surface area contributed by atoms with Crippen molar-refractivity contribution in [1.82, 2.24) is 0 Å². The van der Waals surface area contributed by atoms with Gasteiger partial charge in [0.1, 0.15) is 11.6 Å². The average molecular weight is 495 g/mol. The highest BCUT2D eigenvalue weighted by atomic mass is 19.4. The molecule has 0 nitrogen and oxygen atoms in total. The minimum absolute atomic E-state index is 0.134. The van der Waals surface area contributed by atoms with Crippen LogP contribution in [0, 0.1) is 41.2 Å². The van der Waals surface area contributed by atoms with Gasteiger partial charge in [-0.1, -0.05) is 38.7 Å². The molecule has 0 amide bonds. The van der Waals surface area contributed by atoms with E-state index in [1.807, 2.05) is 0 Å². The Morgan fingerprint density at radius 2 is 1.34 bits per heavy atom. The topological polar surface area (TPSA) is 0 Å². The van der Waals surface area contributed by atoms with Crippen LogP contribution in [-0.4, -0.2) is 6.18 Å². The lowest BCUT2D eigenvalue weighted by atomic mass is 9.65. The molecule has 0 radical (unpaired) electrons. The minimum Gasteiger partial charge on any atom is -0.206 e. The second kappa shape index (κ2) is 11.6. The van der Waals surface area contributed by atoms with Gasteiger partial charge >= 0.3 is 6.18 Å². The third kappa shape index (κ3) is 6.98. The minimum atomic E-state index is -4.61. The van der Waals surface area contributed by atoms with Crippen LogP contribution in [0.15, 0.2) is 24.3 Å². The van der Waals surface area contributed by atoms with Crippen molar-refractivity contribution in [3.05, 3.63) is 47.0 Å². The highest BCUT2D eigenvalue weighted by molar-refractivity contribution is 5.68. The normalized spacial score (nSPS) is 30.5. The monoisotopic (exact) mass is 494 g/mol. The van der Waals surface area contributed by atoms with Crippen molar-refractivity contribution in [2.75, 3.05) is 0 Å². The van der Waals surface area contributed by atoms with Crippen LogP contribution in [0.2, 0.25) is 0 Å². The first-order chi connectivity index (χ1) is 16.7. The van der Waals surface area contributed by atoms with Crippen molar-refractivity contribution in [2.24, 2.45) is 29.6 Å². The quantitative estimate of drug-likeness (QED) is 0.345. The van der Waals surface area contributed by atoms with E-state index in [1.54, 1.807) is 0 Å². The molecule has 0 heterocycles. The molecule has 5 heteroatoms. The van der Waals surface area contributed by atoms with Crippen LogP contribution in [0.5, 0.6) is 0 Å². The van der Waals surface area contributed by atoms with Gasteiger partial charge in [0.05, 0.1) is 0 Å². The molecule has 2 saturated carbocycles. The summed E-state index contributed by atoms with van der Waals surface area (Å²) in [5.74, 6) is 2.26. The van der Waals surface area contributed by atoms with Gasteiger partial charge < -0.3 is 0 Å². The van der Waals surface area contributed by atoms with E-state index < -0.39 is 23.4 Å². The predicted molar refractivity (Wildman–Crippen MR) is 133 cm³/mol. The molecular weight excluding hydrogens is 455 g/mol. The van der Waals surface area contributed by atoms with Crippen molar-refractivity contribution in [3.63, 3.8) is 0 Å². The molecule has 0 aromatic heterocycles. The van der Waals surface area contributed by atoms with E-state index in [0.717, 1.165) is 48.5 Å². The van der Waals surface area contributed by atoms with E-state index in [4.69, 9.17) is 0 Å². The van der Waals surface area contributed by atoms with Crippen molar-refractivity contribution >= 4 is 11.6 Å². The molecule has 0 aliphatic heterocycles. The van der Waals surface area contributed by atoms with E-state index in [2.05, 4.69) is 13.0 Å². The number of benzene rings is 1. The maximum Gasteiger partial charge on any atom is 0.409 e. The van der Waals surface area contributed by atoms with Gasteiger partial charge in [-0.05, 0) is 117 Å². The zero-order valence-corrected chi connectivity index (χ0v) is 20.9. The number of allylic oxidation sites excluding steroid dienone is 3. The second-order valence-corrected chi connectivity index (χ2v) is 11.2. The fourth-order valence-electron chi connectivity index (χ4n) is 7.10. The summed E-state index contributed by atoms with van der Waals surface area (Å²) >= 11 is 0. The molecule has 0 bridgehead atoms. The molecular formula is C30H39F5. The van der Waals surface area contributed by atoms with Gasteiger partial charge in [0.15, 0.2) is 0 Å². The largest absolute Gasteiger partial charge is 0.409 e. The summed E-state index contributed by atoms with van der Waals surface area (Å²) in [6, 6.07) is 2.34. The lowest BCUT2D eigenvalue weighted by Crippen LogP contribution is -2.28. The average Bonchev–Trinajstić information content (AvgIpc) is 2.84. The molecule has 3 aliphatic carbocycles. The third-order valence-electron chi connectivity index (χ3n) is 9.08. The Morgan fingerprint density at radius 1 is 0.800 bits per heavy atom. The van der Waals surface area contributed by atoms with Gasteiger partial charge in [-0.15, -0.1) is 0 Å². The first kappa shape index (κ1) is 26.4. The highest BCUT2D eigenvalue weighted by Crippen LogP contribution is 2.46. The van der Waals surface area contributed by atoms with E-state index in [1.165, 1.54) is 76.3 Å². The van der Waals surface area contributed by atoms with Crippen molar-refractivity contribution in [3.8, 4) is 0 Å². The molecule has 194 valence electrons. The standard InChI is InChI=1S/C30H39F5/c1-2-3-20-4-6-21(7-5-20)22-8-10-23(11-9-22)24-12-14-25(15-13-24)26-18-28(31)27(29(32)19-26)16-17-30(33,34)35/h14,16-24H,2-13,15H2,1H3. The molecule has 3 aliphatic rings. The fraction of sp³-hybridized carbons (Fsp3) is 0.667. The van der Waals surface area contributed by atoms with Gasteiger partial charge in [-0.3, -0.25) is 0 Å². The highest BCUT2D eigenvalue weighted by Gasteiger charge is 2.33. The molecule has 1 aromatic carbocycles. The fourth-order valence-corrected chi connectivity index (χ4v) is 7.10. The van der Waals surface area contributed by atoms with Crippen LogP contribution < -0.4 is 0 Å². The summed E-state index contributed by atoms with van der Waals surface area (Å²) in [6.07, 6.45) is 14.3. The van der Waals surface area contributed by atoms with E-state index >= 15 is 0 Å². The van der Waals surface area contributed by atoms with Gasteiger partial charge in [-0.2, -0.15) is 13.2 Å². The predicted octanol–water partition coefficient (Wildman–Crippen LogP) is 10.1. The number of rotatable bonds is 6. The molecule has 4 rings (SSSR count). The Kier molecular flexibility index (Phi) is 8.76. The number of alkyl halides is 3. The molecule has 0 N–H and O–H groups in total.